The van der Waals surface area contributed by atoms with Crippen molar-refractivity contribution in [3.63, 3.8) is 0 Å². The molecule has 11 heavy (non-hydrogen) atoms. The van der Waals surface area contributed by atoms with E-state index in [9.17, 15) is 0 Å². The first-order chi connectivity index (χ1) is 4.35. The van der Waals surface area contributed by atoms with E-state index in [-0.39, 0.29) is 31.9 Å². The summed E-state index contributed by atoms with van der Waals surface area (Å²) in [5, 5.41) is 8.75. The summed E-state index contributed by atoms with van der Waals surface area (Å²) in [6.07, 6.45) is 4.83. The van der Waals surface area contributed by atoms with Crippen LogP contribution in [0.25, 0.3) is 0 Å². The molecule has 1 nitrogen and oxygen atoms in total. The number of hydrogen-bond acceptors (Lipinski definition) is 1. The molecule has 1 atom stereocenters. The standard InChI is InChI=1S/C8H18O.ClH.Zn/c1-3-5-6-8(4-2)7-9;;/h8-9H,3-7H2,1-2H3;1H;/p-1. The fraction of sp³-hybridized carbons (Fsp3) is 1.00. The van der Waals surface area contributed by atoms with Crippen LogP contribution in [0.4, 0.5) is 0 Å². The van der Waals surface area contributed by atoms with Gasteiger partial charge in [-0.1, -0.05) is 33.1 Å². The van der Waals surface area contributed by atoms with E-state index in [1.807, 2.05) is 0 Å². The normalized spacial score (nSPS) is 11.2. The van der Waals surface area contributed by atoms with E-state index in [4.69, 9.17) is 5.11 Å². The van der Waals surface area contributed by atoms with Crippen molar-refractivity contribution in [1.82, 2.24) is 0 Å². The van der Waals surface area contributed by atoms with E-state index in [1.165, 1.54) is 19.3 Å². The minimum absolute atomic E-state index is 0. The molecular formula is C8H18ClOZn-. The second-order valence-corrected chi connectivity index (χ2v) is 2.60. The smallest absolute Gasteiger partial charge is 0.0459 e. The van der Waals surface area contributed by atoms with Crippen molar-refractivity contribution in [1.29, 1.82) is 0 Å². The number of aliphatic hydroxyl groups is 1. The average molecular weight is 231 g/mol. The Morgan fingerprint density at radius 1 is 1.27 bits per heavy atom. The molecule has 0 fully saturated rings. The molecule has 1 unspecified atom stereocenters. The van der Waals surface area contributed by atoms with E-state index in [1.54, 1.807) is 0 Å². The summed E-state index contributed by atoms with van der Waals surface area (Å²) in [6, 6.07) is 0. The van der Waals surface area contributed by atoms with Crippen molar-refractivity contribution in [2.45, 2.75) is 39.5 Å². The Labute approximate surface area is 89.1 Å². The zero-order valence-corrected chi connectivity index (χ0v) is 11.4. The van der Waals surface area contributed by atoms with E-state index >= 15 is 0 Å². The van der Waals surface area contributed by atoms with E-state index < -0.39 is 0 Å². The number of rotatable bonds is 5. The Hall–Kier alpha value is 0.873. The van der Waals surface area contributed by atoms with E-state index in [2.05, 4.69) is 13.8 Å². The van der Waals surface area contributed by atoms with Gasteiger partial charge in [-0.25, -0.2) is 0 Å². The van der Waals surface area contributed by atoms with Crippen LogP contribution in [0.15, 0.2) is 0 Å². The van der Waals surface area contributed by atoms with Gasteiger partial charge in [-0.05, 0) is 12.3 Å². The molecule has 0 aromatic heterocycles. The maximum Gasteiger partial charge on any atom is 0.0459 e. The van der Waals surface area contributed by atoms with Crippen LogP contribution in [0, 0.1) is 5.92 Å². The monoisotopic (exact) mass is 229 g/mol. The molecule has 0 aromatic rings. The van der Waals surface area contributed by atoms with Crippen molar-refractivity contribution in [2.24, 2.45) is 5.92 Å². The molecule has 66 valence electrons. The molecule has 0 saturated heterocycles. The Bertz CT molecular complexity index is 58.1. The zero-order chi connectivity index (χ0) is 7.11. The molecule has 0 saturated carbocycles. The molecule has 0 bridgehead atoms. The Morgan fingerprint density at radius 2 is 1.82 bits per heavy atom. The van der Waals surface area contributed by atoms with E-state index in [0.717, 1.165) is 6.42 Å². The molecule has 0 heterocycles. The molecule has 0 radical (unpaired) electrons. The third-order valence-corrected chi connectivity index (χ3v) is 1.80. The Balaban J connectivity index is -0.000000320. The third-order valence-electron chi connectivity index (χ3n) is 1.80. The fourth-order valence-corrected chi connectivity index (χ4v) is 0.917. The van der Waals surface area contributed by atoms with Crippen LogP contribution in [0.1, 0.15) is 39.5 Å². The van der Waals surface area contributed by atoms with Crippen molar-refractivity contribution in [2.75, 3.05) is 6.61 Å². The van der Waals surface area contributed by atoms with Crippen LogP contribution in [0.3, 0.4) is 0 Å². The Kier molecular flexibility index (Phi) is 21.8. The van der Waals surface area contributed by atoms with Gasteiger partial charge in [0.15, 0.2) is 0 Å². The number of aliphatic hydroxyl groups excluding tert-OH is 1. The zero-order valence-electron chi connectivity index (χ0n) is 7.65. The minimum atomic E-state index is 0. The molecule has 1 N–H and O–H groups in total. The number of hydrogen-bond donors (Lipinski definition) is 1. The average Bonchev–Trinajstić information content (AvgIpc) is 1.91. The van der Waals surface area contributed by atoms with Crippen molar-refractivity contribution < 1.29 is 37.0 Å². The summed E-state index contributed by atoms with van der Waals surface area (Å²) in [5.74, 6) is 0.560. The van der Waals surface area contributed by atoms with Crippen molar-refractivity contribution in [3.8, 4) is 0 Å². The molecule has 0 spiro atoms. The van der Waals surface area contributed by atoms with Crippen LogP contribution in [-0.4, -0.2) is 11.7 Å². The van der Waals surface area contributed by atoms with Gasteiger partial charge in [0.25, 0.3) is 0 Å². The van der Waals surface area contributed by atoms with Gasteiger partial charge in [0.1, 0.15) is 0 Å². The molecule has 0 aromatic carbocycles. The summed E-state index contributed by atoms with van der Waals surface area (Å²) < 4.78 is 0. The largest absolute Gasteiger partial charge is 1.00 e. The van der Waals surface area contributed by atoms with Crippen LogP contribution in [0.2, 0.25) is 0 Å². The molecule has 3 heteroatoms. The fourth-order valence-electron chi connectivity index (χ4n) is 0.917. The SMILES string of the molecule is CCCCC(CC)CO.[Cl-].[Zn]. The van der Waals surface area contributed by atoms with Crippen LogP contribution < -0.4 is 12.4 Å². The van der Waals surface area contributed by atoms with Gasteiger partial charge >= 0.3 is 0 Å². The molecule has 0 rings (SSSR count). The molecule has 0 aliphatic carbocycles. The third kappa shape index (κ3) is 10.9. The maximum atomic E-state index is 8.75. The van der Waals surface area contributed by atoms with Gasteiger partial charge in [-0.3, -0.25) is 0 Å². The molecule has 0 aliphatic rings. The minimum Gasteiger partial charge on any atom is -1.00 e. The topological polar surface area (TPSA) is 20.2 Å². The summed E-state index contributed by atoms with van der Waals surface area (Å²) in [5.41, 5.74) is 0. The van der Waals surface area contributed by atoms with E-state index in [0.29, 0.717) is 12.5 Å². The first-order valence-electron chi connectivity index (χ1n) is 3.96. The van der Waals surface area contributed by atoms with Gasteiger partial charge in [-0.15, -0.1) is 0 Å². The molecule has 0 aliphatic heterocycles. The first kappa shape index (κ1) is 17.8. The predicted octanol–water partition coefficient (Wildman–Crippen LogP) is -0.803. The van der Waals surface area contributed by atoms with Crippen LogP contribution >= 0.6 is 0 Å². The van der Waals surface area contributed by atoms with Gasteiger partial charge in [0, 0.05) is 26.1 Å². The summed E-state index contributed by atoms with van der Waals surface area (Å²) in [4.78, 5) is 0. The van der Waals surface area contributed by atoms with Gasteiger partial charge < -0.3 is 17.5 Å². The molecule has 0 amide bonds. The predicted molar refractivity (Wildman–Crippen MR) is 40.4 cm³/mol. The Morgan fingerprint density at radius 3 is 2.09 bits per heavy atom. The van der Waals surface area contributed by atoms with Gasteiger partial charge in [0.2, 0.25) is 0 Å². The summed E-state index contributed by atoms with van der Waals surface area (Å²) in [7, 11) is 0. The summed E-state index contributed by atoms with van der Waals surface area (Å²) >= 11 is 0. The van der Waals surface area contributed by atoms with Crippen molar-refractivity contribution >= 4 is 0 Å². The number of unbranched alkanes of at least 4 members (excludes halogenated alkanes) is 1. The van der Waals surface area contributed by atoms with Crippen LogP contribution in [-0.2, 0) is 19.5 Å². The quantitative estimate of drug-likeness (QED) is 0.614. The first-order valence-corrected chi connectivity index (χ1v) is 3.96. The number of halogens is 1. The van der Waals surface area contributed by atoms with Gasteiger partial charge in [-0.2, -0.15) is 0 Å². The van der Waals surface area contributed by atoms with Crippen molar-refractivity contribution in [3.05, 3.63) is 0 Å². The maximum absolute atomic E-state index is 8.75. The second-order valence-electron chi connectivity index (χ2n) is 2.60. The molecular weight excluding hydrogens is 213 g/mol. The van der Waals surface area contributed by atoms with Crippen LogP contribution in [0.5, 0.6) is 0 Å². The summed E-state index contributed by atoms with van der Waals surface area (Å²) in [6.45, 7) is 4.69. The van der Waals surface area contributed by atoms with Gasteiger partial charge in [0.05, 0.1) is 0 Å². The second kappa shape index (κ2) is 13.5.